The molecule has 0 saturated carbocycles. The molecule has 1 aromatic rings. The molecular weight excluding hydrogens is 234 g/mol. The van der Waals surface area contributed by atoms with Crippen LogP contribution in [0, 0.1) is 0 Å². The van der Waals surface area contributed by atoms with E-state index in [4.69, 9.17) is 15.9 Å². The van der Waals surface area contributed by atoms with Gasteiger partial charge in [0.2, 0.25) is 5.91 Å². The van der Waals surface area contributed by atoms with E-state index in [1.165, 1.54) is 6.26 Å². The van der Waals surface area contributed by atoms with Gasteiger partial charge in [-0.2, -0.15) is 0 Å². The van der Waals surface area contributed by atoms with Crippen molar-refractivity contribution in [1.29, 1.82) is 0 Å². The Morgan fingerprint density at radius 3 is 2.39 bits per heavy atom. The van der Waals surface area contributed by atoms with Gasteiger partial charge in [0, 0.05) is 0 Å². The number of rotatable bonds is 6. The van der Waals surface area contributed by atoms with Gasteiger partial charge in [-0.1, -0.05) is 13.8 Å². The minimum Gasteiger partial charge on any atom is -0.467 e. The van der Waals surface area contributed by atoms with Gasteiger partial charge in [0.1, 0.15) is 17.6 Å². The molecule has 0 atom stereocenters. The molecular formula is C12H19N3O3. The van der Waals surface area contributed by atoms with Gasteiger partial charge in [0.15, 0.2) is 0 Å². The van der Waals surface area contributed by atoms with Crippen molar-refractivity contribution in [3.63, 3.8) is 0 Å². The summed E-state index contributed by atoms with van der Waals surface area (Å²) in [6.07, 6.45) is 2.19. The molecule has 6 heteroatoms. The van der Waals surface area contributed by atoms with Crippen molar-refractivity contribution in [2.75, 3.05) is 0 Å². The van der Waals surface area contributed by atoms with Gasteiger partial charge < -0.3 is 21.2 Å². The lowest BCUT2D eigenvalue weighted by Crippen LogP contribution is -2.56. The highest BCUT2D eigenvalue weighted by Gasteiger charge is 2.34. The van der Waals surface area contributed by atoms with Crippen LogP contribution in [-0.4, -0.2) is 17.4 Å². The van der Waals surface area contributed by atoms with Gasteiger partial charge in [-0.25, -0.2) is 0 Å². The van der Waals surface area contributed by atoms with Crippen LogP contribution in [0.3, 0.4) is 0 Å². The Morgan fingerprint density at radius 2 is 2.00 bits per heavy atom. The van der Waals surface area contributed by atoms with Gasteiger partial charge >= 0.3 is 0 Å². The van der Waals surface area contributed by atoms with Crippen molar-refractivity contribution in [3.8, 4) is 0 Å². The minimum atomic E-state index is -1.02. The Bertz CT molecular complexity index is 436. The van der Waals surface area contributed by atoms with E-state index in [-0.39, 0.29) is 12.5 Å². The van der Waals surface area contributed by atoms with Crippen molar-refractivity contribution in [2.24, 2.45) is 11.5 Å². The molecule has 0 spiro atoms. The van der Waals surface area contributed by atoms with Gasteiger partial charge in [-0.05, 0) is 18.9 Å². The third kappa shape index (κ3) is 2.70. The number of carbonyl (C=O) groups excluding carboxylic acids is 2. The van der Waals surface area contributed by atoms with Crippen molar-refractivity contribution < 1.29 is 14.0 Å². The Labute approximate surface area is 106 Å². The standard InChI is InChI=1S/C12H19N3O3/c1-3-12(4-2,11(14)17)15-10(16)8-5-9(6-13)18-7-8/h5,7H,3-4,6,13H2,1-2H3,(H2,14,17)(H,15,16). The van der Waals surface area contributed by atoms with Crippen LogP contribution < -0.4 is 16.8 Å². The summed E-state index contributed by atoms with van der Waals surface area (Å²) in [7, 11) is 0. The fourth-order valence-corrected chi connectivity index (χ4v) is 1.73. The molecule has 18 heavy (non-hydrogen) atoms. The predicted octanol–water partition coefficient (Wildman–Crippen LogP) is 0.512. The van der Waals surface area contributed by atoms with Crippen LogP contribution in [-0.2, 0) is 11.3 Å². The highest BCUT2D eigenvalue weighted by molar-refractivity contribution is 5.98. The second-order valence-corrected chi connectivity index (χ2v) is 4.11. The van der Waals surface area contributed by atoms with E-state index in [9.17, 15) is 9.59 Å². The van der Waals surface area contributed by atoms with Crippen LogP contribution in [0.1, 0.15) is 42.8 Å². The lowest BCUT2D eigenvalue weighted by Gasteiger charge is -2.28. The summed E-state index contributed by atoms with van der Waals surface area (Å²) >= 11 is 0. The summed E-state index contributed by atoms with van der Waals surface area (Å²) in [6, 6.07) is 1.55. The van der Waals surface area contributed by atoms with Crippen molar-refractivity contribution in [3.05, 3.63) is 23.7 Å². The number of hydrogen-bond acceptors (Lipinski definition) is 4. The van der Waals surface area contributed by atoms with E-state index in [1.807, 2.05) is 0 Å². The number of hydrogen-bond donors (Lipinski definition) is 3. The maximum Gasteiger partial charge on any atom is 0.255 e. The Kier molecular flexibility index (Phi) is 4.49. The van der Waals surface area contributed by atoms with Crippen LogP contribution in [0.2, 0.25) is 0 Å². The quantitative estimate of drug-likeness (QED) is 0.685. The molecule has 1 aromatic heterocycles. The molecule has 0 bridgehead atoms. The molecule has 0 aliphatic heterocycles. The molecule has 0 fully saturated rings. The highest BCUT2D eigenvalue weighted by atomic mass is 16.3. The molecule has 0 saturated heterocycles. The maximum absolute atomic E-state index is 12.0. The first-order valence-electron chi connectivity index (χ1n) is 5.89. The van der Waals surface area contributed by atoms with Crippen LogP contribution in [0.4, 0.5) is 0 Å². The molecule has 0 aliphatic carbocycles. The SMILES string of the molecule is CCC(CC)(NC(=O)c1coc(CN)c1)C(N)=O. The van der Waals surface area contributed by atoms with Gasteiger partial charge in [-0.15, -0.1) is 0 Å². The van der Waals surface area contributed by atoms with Crippen LogP contribution in [0.25, 0.3) is 0 Å². The van der Waals surface area contributed by atoms with Gasteiger partial charge in [0.25, 0.3) is 5.91 Å². The van der Waals surface area contributed by atoms with Crippen molar-refractivity contribution >= 4 is 11.8 Å². The molecule has 5 N–H and O–H groups in total. The Balaban J connectivity index is 2.88. The number of furan rings is 1. The van der Waals surface area contributed by atoms with E-state index in [0.29, 0.717) is 24.2 Å². The Hall–Kier alpha value is -1.82. The average molecular weight is 253 g/mol. The first-order chi connectivity index (χ1) is 8.49. The second kappa shape index (κ2) is 5.68. The monoisotopic (exact) mass is 253 g/mol. The highest BCUT2D eigenvalue weighted by Crippen LogP contribution is 2.16. The van der Waals surface area contributed by atoms with E-state index in [2.05, 4.69) is 5.32 Å². The minimum absolute atomic E-state index is 0.218. The largest absolute Gasteiger partial charge is 0.467 e. The molecule has 0 radical (unpaired) electrons. The molecule has 6 nitrogen and oxygen atoms in total. The van der Waals surface area contributed by atoms with Gasteiger partial charge in [0.05, 0.1) is 12.1 Å². The fraction of sp³-hybridized carbons (Fsp3) is 0.500. The third-order valence-corrected chi connectivity index (χ3v) is 3.15. The van der Waals surface area contributed by atoms with E-state index in [1.54, 1.807) is 19.9 Å². The summed E-state index contributed by atoms with van der Waals surface area (Å²) < 4.78 is 5.08. The number of nitrogens with two attached hydrogens (primary N) is 2. The molecule has 1 rings (SSSR count). The number of carbonyl (C=O) groups is 2. The molecule has 0 aliphatic rings. The number of amides is 2. The summed E-state index contributed by atoms with van der Waals surface area (Å²) in [5.41, 5.74) is 10.1. The van der Waals surface area contributed by atoms with E-state index >= 15 is 0 Å². The first kappa shape index (κ1) is 14.2. The summed E-state index contributed by atoms with van der Waals surface area (Å²) in [5, 5.41) is 2.67. The zero-order chi connectivity index (χ0) is 13.8. The van der Waals surface area contributed by atoms with E-state index in [0.717, 1.165) is 0 Å². The zero-order valence-electron chi connectivity index (χ0n) is 10.7. The zero-order valence-corrected chi connectivity index (χ0v) is 10.7. The molecule has 2 amide bonds. The smallest absolute Gasteiger partial charge is 0.255 e. The van der Waals surface area contributed by atoms with E-state index < -0.39 is 11.4 Å². The average Bonchev–Trinajstić information content (AvgIpc) is 2.84. The maximum atomic E-state index is 12.0. The molecule has 0 aromatic carbocycles. The first-order valence-corrected chi connectivity index (χ1v) is 5.89. The molecule has 1 heterocycles. The number of primary amides is 1. The predicted molar refractivity (Wildman–Crippen MR) is 66.6 cm³/mol. The molecule has 100 valence electrons. The van der Waals surface area contributed by atoms with Crippen LogP contribution in [0.15, 0.2) is 16.7 Å². The second-order valence-electron chi connectivity index (χ2n) is 4.11. The number of nitrogens with one attached hydrogen (secondary N) is 1. The summed E-state index contributed by atoms with van der Waals surface area (Å²) in [5.74, 6) is -0.415. The fourth-order valence-electron chi connectivity index (χ4n) is 1.73. The molecule has 0 unspecified atom stereocenters. The van der Waals surface area contributed by atoms with Crippen LogP contribution >= 0.6 is 0 Å². The summed E-state index contributed by atoms with van der Waals surface area (Å²) in [4.78, 5) is 23.5. The van der Waals surface area contributed by atoms with Crippen LogP contribution in [0.5, 0.6) is 0 Å². The lowest BCUT2D eigenvalue weighted by atomic mass is 9.91. The summed E-state index contributed by atoms with van der Waals surface area (Å²) in [6.45, 7) is 3.82. The lowest BCUT2D eigenvalue weighted by molar-refractivity contribution is -0.124. The topological polar surface area (TPSA) is 111 Å². The normalized spacial score (nSPS) is 11.3. The van der Waals surface area contributed by atoms with Gasteiger partial charge in [-0.3, -0.25) is 9.59 Å². The van der Waals surface area contributed by atoms with Crippen molar-refractivity contribution in [2.45, 2.75) is 38.8 Å². The van der Waals surface area contributed by atoms with Crippen molar-refractivity contribution in [1.82, 2.24) is 5.32 Å². The Morgan fingerprint density at radius 1 is 1.39 bits per heavy atom. The third-order valence-electron chi connectivity index (χ3n) is 3.15.